The van der Waals surface area contributed by atoms with Gasteiger partial charge in [-0.3, -0.25) is 28.8 Å². The molecule has 1 aromatic heterocycles. The zero-order valence-electron chi connectivity index (χ0n) is 22.8. The van der Waals surface area contributed by atoms with Gasteiger partial charge in [-0.25, -0.2) is 9.59 Å². The lowest BCUT2D eigenvalue weighted by Crippen LogP contribution is -2.48. The molecule has 1 atom stereocenters. The first-order chi connectivity index (χ1) is 19.5. The zero-order valence-corrected chi connectivity index (χ0v) is 23.6. The Morgan fingerprint density at radius 2 is 1.66 bits per heavy atom. The number of esters is 1. The van der Waals surface area contributed by atoms with Crippen molar-refractivity contribution in [1.82, 2.24) is 15.7 Å². The number of ether oxygens (including phenoxy) is 1. The Morgan fingerprint density at radius 3 is 2.29 bits per heavy atom. The number of aryl methyl sites for hydroxylation is 1. The summed E-state index contributed by atoms with van der Waals surface area (Å²) in [5.74, 6) is -4.33. The maximum Gasteiger partial charge on any atom is 0.519 e. The van der Waals surface area contributed by atoms with E-state index in [4.69, 9.17) is 14.0 Å². The van der Waals surface area contributed by atoms with Gasteiger partial charge in [0.05, 0.1) is 6.42 Å². The Bertz CT molecular complexity index is 1170. The molecule has 226 valence electrons. The smallest absolute Gasteiger partial charge is 0.457 e. The first kappa shape index (κ1) is 33.3. The van der Waals surface area contributed by atoms with Crippen LogP contribution in [0.3, 0.4) is 0 Å². The highest BCUT2D eigenvalue weighted by atomic mass is 32.2. The molecule has 0 saturated carbocycles. The normalized spacial score (nSPS) is 13.6. The van der Waals surface area contributed by atoms with E-state index in [1.165, 1.54) is 25.6 Å². The van der Waals surface area contributed by atoms with Gasteiger partial charge in [-0.1, -0.05) is 18.2 Å². The van der Waals surface area contributed by atoms with Crippen LogP contribution in [0.5, 0.6) is 0 Å². The van der Waals surface area contributed by atoms with Gasteiger partial charge in [-0.2, -0.15) is 0 Å². The summed E-state index contributed by atoms with van der Waals surface area (Å²) in [4.78, 5) is 99.8. The van der Waals surface area contributed by atoms with Gasteiger partial charge in [0.15, 0.2) is 23.2 Å². The first-order valence-electron chi connectivity index (χ1n) is 13.0. The fraction of sp³-hybridized carbons (Fsp3) is 0.600. The van der Waals surface area contributed by atoms with E-state index < -0.39 is 53.9 Å². The van der Waals surface area contributed by atoms with Crippen LogP contribution in [-0.4, -0.2) is 64.1 Å². The van der Waals surface area contributed by atoms with Crippen molar-refractivity contribution in [2.24, 2.45) is 0 Å². The molecule has 0 unspecified atom stereocenters. The summed E-state index contributed by atoms with van der Waals surface area (Å²) in [6.07, 6.45) is 1.16. The van der Waals surface area contributed by atoms with Crippen molar-refractivity contribution >= 4 is 52.4 Å². The highest BCUT2D eigenvalue weighted by molar-refractivity contribution is 8.13. The van der Waals surface area contributed by atoms with Gasteiger partial charge >= 0.3 is 17.8 Å². The van der Waals surface area contributed by atoms with E-state index in [-0.39, 0.29) is 61.9 Å². The van der Waals surface area contributed by atoms with Crippen LogP contribution in [0.4, 0.5) is 0 Å². The second-order valence-electron chi connectivity index (χ2n) is 9.01. The molecule has 1 aliphatic heterocycles. The minimum Gasteiger partial charge on any atom is -0.457 e. The largest absolute Gasteiger partial charge is 0.519 e. The molecule has 16 heteroatoms. The third-order valence-corrected chi connectivity index (χ3v) is 6.53. The maximum atomic E-state index is 12.8. The number of carbonyl (C=O) groups is 7. The molecule has 41 heavy (non-hydrogen) atoms. The molecule has 2 heterocycles. The van der Waals surface area contributed by atoms with Gasteiger partial charge < -0.3 is 29.0 Å². The number of nitrogens with zero attached hydrogens (tertiary/aromatic N) is 1. The molecular weight excluding hydrogens is 566 g/mol. The number of hydrogen-bond acceptors (Lipinski definition) is 13. The predicted molar refractivity (Wildman–Crippen MR) is 139 cm³/mol. The van der Waals surface area contributed by atoms with Crippen molar-refractivity contribution in [3.8, 4) is 0 Å². The van der Waals surface area contributed by atoms with Crippen LogP contribution in [-0.2, 0) is 49.7 Å². The summed E-state index contributed by atoms with van der Waals surface area (Å²) < 4.78 is 14.4. The molecule has 1 aliphatic rings. The third-order valence-electron chi connectivity index (χ3n) is 5.63. The minimum absolute atomic E-state index is 0.00785. The van der Waals surface area contributed by atoms with Crippen molar-refractivity contribution in [2.75, 3.05) is 12.3 Å². The van der Waals surface area contributed by atoms with E-state index in [9.17, 15) is 38.4 Å². The molecule has 0 aromatic carbocycles. The summed E-state index contributed by atoms with van der Waals surface area (Å²) in [6, 6.07) is -1.37. The van der Waals surface area contributed by atoms with Crippen LogP contribution in [0, 0.1) is 6.92 Å². The van der Waals surface area contributed by atoms with E-state index in [0.29, 0.717) is 23.7 Å². The summed E-state index contributed by atoms with van der Waals surface area (Å²) in [5.41, 5.74) is 0. The molecular formula is C25H33N3O12S. The predicted octanol–water partition coefficient (Wildman–Crippen LogP) is 0.803. The second-order valence-corrected chi connectivity index (χ2v) is 10.3. The number of hydrogen-bond donors (Lipinski definition) is 2. The third kappa shape index (κ3) is 12.4. The van der Waals surface area contributed by atoms with Crippen molar-refractivity contribution < 1.29 is 52.0 Å². The molecule has 15 nitrogen and oxygen atoms in total. The number of imide groups is 1. The Balaban J connectivity index is 1.82. The molecule has 0 spiro atoms. The van der Waals surface area contributed by atoms with E-state index in [0.717, 1.165) is 6.42 Å². The molecule has 0 bridgehead atoms. The highest BCUT2D eigenvalue weighted by Gasteiger charge is 2.34. The second kappa shape index (κ2) is 17.0. The zero-order chi connectivity index (χ0) is 30.4. The van der Waals surface area contributed by atoms with Crippen LogP contribution in [0.2, 0.25) is 0 Å². The maximum absolute atomic E-state index is 12.8. The molecule has 0 aliphatic carbocycles. The minimum atomic E-state index is -1.37. The lowest BCUT2D eigenvalue weighted by atomic mass is 10.1. The molecule has 1 saturated heterocycles. The van der Waals surface area contributed by atoms with E-state index in [1.807, 2.05) is 0 Å². The van der Waals surface area contributed by atoms with Crippen LogP contribution < -0.4 is 16.5 Å². The van der Waals surface area contributed by atoms with E-state index >= 15 is 0 Å². The monoisotopic (exact) mass is 599 g/mol. The van der Waals surface area contributed by atoms with Crippen molar-refractivity contribution in [2.45, 2.75) is 84.3 Å². The number of nitrogens with one attached hydrogen (secondary N) is 2. The molecule has 2 N–H and O–H groups in total. The fourth-order valence-corrected chi connectivity index (χ4v) is 4.15. The summed E-state index contributed by atoms with van der Waals surface area (Å²) in [5, 5.41) is 5.34. The van der Waals surface area contributed by atoms with E-state index in [1.54, 1.807) is 0 Å². The highest BCUT2D eigenvalue weighted by Crippen LogP contribution is 2.14. The van der Waals surface area contributed by atoms with Gasteiger partial charge in [0.2, 0.25) is 11.8 Å². The number of hydroxylamine groups is 2. The first-order valence-corrected chi connectivity index (χ1v) is 14.0. The lowest BCUT2D eigenvalue weighted by Gasteiger charge is -2.19. The summed E-state index contributed by atoms with van der Waals surface area (Å²) >= 11 is 1.19. The topological polar surface area (TPSA) is 209 Å². The van der Waals surface area contributed by atoms with E-state index in [2.05, 4.69) is 15.1 Å². The van der Waals surface area contributed by atoms with Crippen LogP contribution in [0.25, 0.3) is 0 Å². The quantitative estimate of drug-likeness (QED) is 0.144. The SMILES string of the molecule is CC(=O)SCCCCCC(=O)N[C@@H](CC(=O)ON1C(=O)CCC1=O)C(=O)NCCCC(=O)OCc1oc(=O)oc1C. The average Bonchev–Trinajstić information content (AvgIpc) is 3.40. The fourth-order valence-electron chi connectivity index (χ4n) is 3.51. The van der Waals surface area contributed by atoms with Crippen molar-refractivity contribution in [1.29, 1.82) is 0 Å². The van der Waals surface area contributed by atoms with Gasteiger partial charge in [0.25, 0.3) is 11.8 Å². The Morgan fingerprint density at radius 1 is 0.951 bits per heavy atom. The van der Waals surface area contributed by atoms with Gasteiger partial charge in [-0.15, -0.1) is 5.06 Å². The van der Waals surface area contributed by atoms with Gasteiger partial charge in [-0.05, 0) is 26.2 Å². The average molecular weight is 600 g/mol. The molecule has 1 fully saturated rings. The molecule has 1 aromatic rings. The van der Waals surface area contributed by atoms with Crippen molar-refractivity contribution in [3.63, 3.8) is 0 Å². The lowest BCUT2D eigenvalue weighted by molar-refractivity contribution is -0.197. The molecule has 0 radical (unpaired) electrons. The van der Waals surface area contributed by atoms with Crippen LogP contribution in [0.1, 0.15) is 76.2 Å². The summed E-state index contributed by atoms with van der Waals surface area (Å²) in [7, 11) is 0. The van der Waals surface area contributed by atoms with Gasteiger partial charge in [0.1, 0.15) is 6.04 Å². The van der Waals surface area contributed by atoms with Crippen LogP contribution >= 0.6 is 11.8 Å². The van der Waals surface area contributed by atoms with Crippen molar-refractivity contribution in [3.05, 3.63) is 22.1 Å². The molecule has 4 amide bonds. The molecule has 2 rings (SSSR count). The Hall–Kier alpha value is -3.95. The Kier molecular flexibility index (Phi) is 13.8. The summed E-state index contributed by atoms with van der Waals surface area (Å²) in [6.45, 7) is 2.65. The standard InChI is InChI=1S/C25H33N3O12S/c1-15-18(39-25(36)38-15)14-37-22(33)8-6-11-26-24(35)17(13-23(34)40-28-20(31)9-10-21(28)32)27-19(30)7-4-3-5-12-41-16(2)29/h17H,3-14H2,1-2H3,(H,26,35)(H,27,30)/t17-/m0/s1. The number of thioether (sulfide) groups is 1. The number of amides is 4. The Labute approximate surface area is 239 Å². The number of carbonyl (C=O) groups excluding carboxylic acids is 7. The van der Waals surface area contributed by atoms with Gasteiger partial charge in [0, 0.05) is 44.9 Å². The number of unbranched alkanes of at least 4 members (excludes halogenated alkanes) is 2. The van der Waals surface area contributed by atoms with Crippen LogP contribution in [0.15, 0.2) is 13.6 Å². The number of rotatable bonds is 17.